The zero-order chi connectivity index (χ0) is 22.6. The van der Waals surface area contributed by atoms with Crippen LogP contribution in [0.15, 0.2) is 48.6 Å². The SMILES string of the molecule is O=C(O)CCCC=CC1C2C=CC(C2)C1C(=O)NCC(O)c1ccccc1C(F)(F)F. The van der Waals surface area contributed by atoms with E-state index in [1.807, 2.05) is 18.2 Å². The molecule has 5 nitrogen and oxygen atoms in total. The Morgan fingerprint density at radius 2 is 1.90 bits per heavy atom. The summed E-state index contributed by atoms with van der Waals surface area (Å²) >= 11 is 0. The number of unbranched alkanes of at least 4 members (excludes halogenated alkanes) is 1. The largest absolute Gasteiger partial charge is 0.481 e. The molecule has 1 amide bonds. The first-order valence-corrected chi connectivity index (χ1v) is 10.4. The Kier molecular flexibility index (Phi) is 7.20. The first kappa shape index (κ1) is 23.1. The number of halogens is 3. The molecule has 31 heavy (non-hydrogen) atoms. The van der Waals surface area contributed by atoms with Gasteiger partial charge in [0, 0.05) is 13.0 Å². The van der Waals surface area contributed by atoms with E-state index < -0.39 is 23.8 Å². The summed E-state index contributed by atoms with van der Waals surface area (Å²) in [6, 6.07) is 4.79. The number of nitrogens with one attached hydrogen (secondary N) is 1. The first-order valence-electron chi connectivity index (χ1n) is 10.4. The van der Waals surface area contributed by atoms with E-state index in [4.69, 9.17) is 5.11 Å². The molecule has 1 aromatic rings. The van der Waals surface area contributed by atoms with Crippen LogP contribution in [0.2, 0.25) is 0 Å². The van der Waals surface area contributed by atoms with Crippen LogP contribution < -0.4 is 5.32 Å². The lowest BCUT2D eigenvalue weighted by Gasteiger charge is -2.26. The number of aliphatic carboxylic acids is 1. The average molecular weight is 437 g/mol. The highest BCUT2D eigenvalue weighted by atomic mass is 19.4. The van der Waals surface area contributed by atoms with Gasteiger partial charge < -0.3 is 15.5 Å². The molecule has 2 bridgehead atoms. The Labute approximate surface area is 178 Å². The number of aliphatic hydroxyl groups is 1. The van der Waals surface area contributed by atoms with Crippen molar-refractivity contribution in [3.05, 3.63) is 59.7 Å². The second kappa shape index (κ2) is 9.68. The number of aliphatic hydroxyl groups excluding tert-OH is 1. The van der Waals surface area contributed by atoms with Crippen molar-refractivity contribution in [1.82, 2.24) is 5.32 Å². The smallest absolute Gasteiger partial charge is 0.416 e. The van der Waals surface area contributed by atoms with Crippen LogP contribution in [0.4, 0.5) is 13.2 Å². The number of carboxylic acids is 1. The molecule has 0 heterocycles. The standard InChI is InChI=1S/C23H26F3NO4/c24-23(25,26)18-8-5-4-7-17(18)19(28)13-27-22(31)21-15-11-10-14(12-15)16(21)6-2-1-3-9-20(29)30/h2,4-8,10-11,14-16,19,21,28H,1,3,9,12-13H2,(H,27,31)(H,29,30). The van der Waals surface area contributed by atoms with Crippen molar-refractivity contribution < 1.29 is 33.0 Å². The highest BCUT2D eigenvalue weighted by Crippen LogP contribution is 2.48. The molecular weight excluding hydrogens is 411 g/mol. The molecule has 5 unspecified atom stereocenters. The Bertz CT molecular complexity index is 865. The molecular formula is C23H26F3NO4. The number of carbonyl (C=O) groups is 2. The summed E-state index contributed by atoms with van der Waals surface area (Å²) in [6.45, 7) is -0.307. The summed E-state index contributed by atoms with van der Waals surface area (Å²) in [6.07, 6.45) is 3.91. The lowest BCUT2D eigenvalue weighted by Crippen LogP contribution is -2.38. The maximum atomic E-state index is 13.2. The van der Waals surface area contributed by atoms with Gasteiger partial charge >= 0.3 is 12.1 Å². The summed E-state index contributed by atoms with van der Waals surface area (Å²) in [5.41, 5.74) is -1.18. The average Bonchev–Trinajstić information content (AvgIpc) is 3.32. The minimum atomic E-state index is -4.59. The normalized spacial score (nSPS) is 25.8. The lowest BCUT2D eigenvalue weighted by atomic mass is 9.82. The Balaban J connectivity index is 1.61. The molecule has 8 heteroatoms. The van der Waals surface area contributed by atoms with Crippen LogP contribution in [0.25, 0.3) is 0 Å². The van der Waals surface area contributed by atoms with Crippen molar-refractivity contribution in [2.45, 2.75) is 38.0 Å². The van der Waals surface area contributed by atoms with Gasteiger partial charge in [-0.05, 0) is 48.6 Å². The molecule has 1 aromatic carbocycles. The maximum Gasteiger partial charge on any atom is 0.416 e. The molecule has 0 aromatic heterocycles. The van der Waals surface area contributed by atoms with Gasteiger partial charge in [-0.2, -0.15) is 13.2 Å². The van der Waals surface area contributed by atoms with Gasteiger partial charge in [-0.15, -0.1) is 0 Å². The summed E-state index contributed by atoms with van der Waals surface area (Å²) in [5.74, 6) is -1.26. The summed E-state index contributed by atoms with van der Waals surface area (Å²) < 4.78 is 39.5. The topological polar surface area (TPSA) is 86.6 Å². The number of allylic oxidation sites excluding steroid dienone is 4. The van der Waals surface area contributed by atoms with Crippen LogP contribution in [-0.2, 0) is 15.8 Å². The number of amides is 1. The number of hydrogen-bond acceptors (Lipinski definition) is 3. The molecule has 0 radical (unpaired) electrons. The quantitative estimate of drug-likeness (QED) is 0.401. The molecule has 0 aliphatic heterocycles. The minimum Gasteiger partial charge on any atom is -0.481 e. The molecule has 5 atom stereocenters. The molecule has 0 saturated heterocycles. The van der Waals surface area contributed by atoms with Crippen LogP contribution in [0.3, 0.4) is 0 Å². The predicted molar refractivity (Wildman–Crippen MR) is 108 cm³/mol. The Morgan fingerprint density at radius 3 is 2.61 bits per heavy atom. The van der Waals surface area contributed by atoms with Crippen molar-refractivity contribution in [2.24, 2.45) is 23.7 Å². The zero-order valence-electron chi connectivity index (χ0n) is 16.9. The number of rotatable bonds is 9. The van der Waals surface area contributed by atoms with Crippen LogP contribution in [0.1, 0.15) is 42.9 Å². The molecule has 3 N–H and O–H groups in total. The van der Waals surface area contributed by atoms with Crippen molar-refractivity contribution in [2.75, 3.05) is 6.54 Å². The third-order valence-electron chi connectivity index (χ3n) is 6.04. The van der Waals surface area contributed by atoms with E-state index in [0.29, 0.717) is 12.8 Å². The number of alkyl halides is 3. The van der Waals surface area contributed by atoms with E-state index >= 15 is 0 Å². The van der Waals surface area contributed by atoms with E-state index in [1.54, 1.807) is 0 Å². The number of carboxylic acid groups (broad SMARTS) is 1. The van der Waals surface area contributed by atoms with Crippen LogP contribution >= 0.6 is 0 Å². The van der Waals surface area contributed by atoms with E-state index in [9.17, 15) is 27.9 Å². The van der Waals surface area contributed by atoms with Crippen molar-refractivity contribution in [1.29, 1.82) is 0 Å². The van der Waals surface area contributed by atoms with Gasteiger partial charge in [0.1, 0.15) is 0 Å². The number of benzene rings is 1. The van der Waals surface area contributed by atoms with Gasteiger partial charge in [0.15, 0.2) is 0 Å². The fraction of sp³-hybridized carbons (Fsp3) is 0.478. The molecule has 168 valence electrons. The van der Waals surface area contributed by atoms with Crippen LogP contribution in [0, 0.1) is 23.7 Å². The molecule has 0 spiro atoms. The van der Waals surface area contributed by atoms with Crippen LogP contribution in [0.5, 0.6) is 0 Å². The Morgan fingerprint density at radius 1 is 1.19 bits per heavy atom. The molecule has 2 aliphatic rings. The van der Waals surface area contributed by atoms with Crippen molar-refractivity contribution in [3.63, 3.8) is 0 Å². The van der Waals surface area contributed by atoms with E-state index in [2.05, 4.69) is 11.4 Å². The number of fused-ring (bicyclic) bond motifs is 2. The van der Waals surface area contributed by atoms with Crippen LogP contribution in [-0.4, -0.2) is 28.6 Å². The molecule has 1 fully saturated rings. The minimum absolute atomic E-state index is 0.0422. The van der Waals surface area contributed by atoms with Crippen molar-refractivity contribution in [3.8, 4) is 0 Å². The van der Waals surface area contributed by atoms with Gasteiger partial charge in [0.2, 0.25) is 5.91 Å². The van der Waals surface area contributed by atoms with Gasteiger partial charge in [-0.3, -0.25) is 9.59 Å². The monoisotopic (exact) mass is 437 g/mol. The fourth-order valence-corrected chi connectivity index (χ4v) is 4.59. The third kappa shape index (κ3) is 5.55. The first-order chi connectivity index (χ1) is 14.7. The number of hydrogen-bond donors (Lipinski definition) is 3. The maximum absolute atomic E-state index is 13.2. The highest BCUT2D eigenvalue weighted by Gasteiger charge is 2.46. The number of carbonyl (C=O) groups excluding carboxylic acids is 1. The van der Waals surface area contributed by atoms with Gasteiger partial charge in [0.25, 0.3) is 0 Å². The fourth-order valence-electron chi connectivity index (χ4n) is 4.59. The highest BCUT2D eigenvalue weighted by molar-refractivity contribution is 5.80. The van der Waals surface area contributed by atoms with Gasteiger partial charge in [-0.25, -0.2) is 0 Å². The van der Waals surface area contributed by atoms with E-state index in [-0.39, 0.29) is 48.1 Å². The summed E-state index contributed by atoms with van der Waals surface area (Å²) in [4.78, 5) is 23.5. The second-order valence-electron chi connectivity index (χ2n) is 8.11. The van der Waals surface area contributed by atoms with Crippen molar-refractivity contribution >= 4 is 11.9 Å². The summed E-state index contributed by atoms with van der Waals surface area (Å²) in [5, 5.41) is 21.6. The lowest BCUT2D eigenvalue weighted by molar-refractivity contribution is -0.139. The summed E-state index contributed by atoms with van der Waals surface area (Å²) in [7, 11) is 0. The van der Waals surface area contributed by atoms with E-state index in [0.717, 1.165) is 12.5 Å². The van der Waals surface area contributed by atoms with Gasteiger partial charge in [-0.1, -0.05) is 42.5 Å². The Hall–Kier alpha value is -2.61. The third-order valence-corrected chi connectivity index (χ3v) is 6.04. The van der Waals surface area contributed by atoms with Gasteiger partial charge in [0.05, 0.1) is 17.6 Å². The van der Waals surface area contributed by atoms with E-state index in [1.165, 1.54) is 18.2 Å². The molecule has 2 aliphatic carbocycles. The zero-order valence-corrected chi connectivity index (χ0v) is 16.9. The predicted octanol–water partition coefficient (Wildman–Crippen LogP) is 4.10. The second-order valence-corrected chi connectivity index (χ2v) is 8.11. The molecule has 1 saturated carbocycles. The molecule has 3 rings (SSSR count).